The van der Waals surface area contributed by atoms with E-state index >= 15 is 0 Å². The van der Waals surface area contributed by atoms with Crippen LogP contribution in [0.3, 0.4) is 0 Å². The van der Waals surface area contributed by atoms with Crippen molar-refractivity contribution in [2.75, 3.05) is 0 Å². The van der Waals surface area contributed by atoms with Gasteiger partial charge in [0.25, 0.3) is 0 Å². The van der Waals surface area contributed by atoms with Gasteiger partial charge in [0, 0.05) is 18.1 Å². The molecule has 0 aliphatic heterocycles. The molecule has 0 radical (unpaired) electrons. The number of rotatable bonds is 0. The molecule has 2 aliphatic rings. The first-order chi connectivity index (χ1) is 5.77. The molecule has 2 saturated carbocycles. The van der Waals surface area contributed by atoms with E-state index in [0.29, 0.717) is 29.8 Å². The number of hydrogen-bond acceptors (Lipinski definition) is 2. The highest BCUT2D eigenvalue weighted by Crippen LogP contribution is 2.37. The molecule has 0 saturated heterocycles. The van der Waals surface area contributed by atoms with Crippen LogP contribution < -0.4 is 0 Å². The molecule has 0 heterocycles. The van der Waals surface area contributed by atoms with Crippen LogP contribution >= 0.6 is 0 Å². The number of fused-ring (bicyclic) bond motifs is 1. The van der Waals surface area contributed by atoms with Crippen LogP contribution in [0.4, 0.5) is 0 Å². The van der Waals surface area contributed by atoms with Crippen molar-refractivity contribution in [2.45, 2.75) is 38.5 Å². The molecule has 0 bridgehead atoms. The molecule has 1 N–H and O–H groups in total. The summed E-state index contributed by atoms with van der Waals surface area (Å²) in [4.78, 5) is 11.5. The van der Waals surface area contributed by atoms with Gasteiger partial charge in [0.15, 0.2) is 0 Å². The molecule has 2 aliphatic carbocycles. The van der Waals surface area contributed by atoms with Gasteiger partial charge in [-0.2, -0.15) is 0 Å². The fraction of sp³-hybridized carbons (Fsp3) is 0.800. The quantitative estimate of drug-likeness (QED) is 0.587. The van der Waals surface area contributed by atoms with E-state index in [4.69, 9.17) is 5.41 Å². The van der Waals surface area contributed by atoms with Gasteiger partial charge in [-0.3, -0.25) is 4.79 Å². The number of carbonyl (C=O) groups is 1. The second kappa shape index (κ2) is 3.00. The molecule has 0 spiro atoms. The first kappa shape index (κ1) is 7.96. The maximum Gasteiger partial charge on any atom is 0.141 e. The third-order valence-corrected chi connectivity index (χ3v) is 3.22. The second-order valence-corrected chi connectivity index (χ2v) is 4.10. The lowest BCUT2D eigenvalue weighted by Crippen LogP contribution is -2.35. The van der Waals surface area contributed by atoms with Gasteiger partial charge in [0.05, 0.1) is 0 Å². The van der Waals surface area contributed by atoms with Gasteiger partial charge in [-0.1, -0.05) is 12.8 Å². The van der Waals surface area contributed by atoms with Crippen molar-refractivity contribution in [1.82, 2.24) is 0 Å². The highest BCUT2D eigenvalue weighted by Gasteiger charge is 2.35. The highest BCUT2D eigenvalue weighted by atomic mass is 16.1. The third-order valence-electron chi connectivity index (χ3n) is 3.22. The average Bonchev–Trinajstić information content (AvgIpc) is 2.04. The highest BCUT2D eigenvalue weighted by molar-refractivity contribution is 6.04. The van der Waals surface area contributed by atoms with Crippen LogP contribution in [0, 0.1) is 17.2 Å². The van der Waals surface area contributed by atoms with Crippen molar-refractivity contribution in [3.05, 3.63) is 0 Å². The zero-order valence-corrected chi connectivity index (χ0v) is 7.31. The molecule has 0 aromatic heterocycles. The van der Waals surface area contributed by atoms with E-state index in [2.05, 4.69) is 0 Å². The number of ketones is 1. The Labute approximate surface area is 72.9 Å². The van der Waals surface area contributed by atoms with Gasteiger partial charge in [0.1, 0.15) is 5.78 Å². The van der Waals surface area contributed by atoms with E-state index in [1.54, 1.807) is 0 Å². The smallest absolute Gasteiger partial charge is 0.141 e. The van der Waals surface area contributed by atoms with Crippen LogP contribution in [0.15, 0.2) is 0 Å². The topological polar surface area (TPSA) is 40.9 Å². The van der Waals surface area contributed by atoms with Crippen LogP contribution in [0.2, 0.25) is 0 Å². The Balaban J connectivity index is 2.11. The molecule has 12 heavy (non-hydrogen) atoms. The molecule has 2 fully saturated rings. The standard InChI is InChI=1S/C10H15NO/c11-8-5-7-3-1-2-4-9(7)10(12)6-8/h7,9,11H,1-6H2. The molecular formula is C10H15NO. The van der Waals surface area contributed by atoms with Crippen LogP contribution in [-0.4, -0.2) is 11.5 Å². The first-order valence-corrected chi connectivity index (χ1v) is 4.86. The molecule has 2 atom stereocenters. The minimum absolute atomic E-state index is 0.327. The molecule has 2 nitrogen and oxygen atoms in total. The fourth-order valence-corrected chi connectivity index (χ4v) is 2.61. The largest absolute Gasteiger partial charge is 0.309 e. The lowest BCUT2D eigenvalue weighted by atomic mass is 9.70. The maximum absolute atomic E-state index is 11.5. The summed E-state index contributed by atoms with van der Waals surface area (Å²) >= 11 is 0. The van der Waals surface area contributed by atoms with Crippen molar-refractivity contribution in [1.29, 1.82) is 5.41 Å². The van der Waals surface area contributed by atoms with E-state index < -0.39 is 0 Å². The zero-order chi connectivity index (χ0) is 8.55. The van der Waals surface area contributed by atoms with Crippen LogP contribution in [-0.2, 0) is 4.79 Å². The Bertz CT molecular complexity index is 222. The minimum atomic E-state index is 0.327. The number of nitrogens with one attached hydrogen (secondary N) is 1. The van der Waals surface area contributed by atoms with Crippen LogP contribution in [0.25, 0.3) is 0 Å². The number of hydrogen-bond donors (Lipinski definition) is 1. The molecule has 2 rings (SSSR count). The molecule has 0 amide bonds. The average molecular weight is 165 g/mol. The summed E-state index contributed by atoms with van der Waals surface area (Å²) in [6, 6.07) is 0. The predicted molar refractivity (Wildman–Crippen MR) is 47.4 cm³/mol. The van der Waals surface area contributed by atoms with Gasteiger partial charge in [-0.05, 0) is 25.2 Å². The van der Waals surface area contributed by atoms with E-state index in [1.807, 2.05) is 0 Å². The van der Waals surface area contributed by atoms with Crippen molar-refractivity contribution in [3.63, 3.8) is 0 Å². The lowest BCUT2D eigenvalue weighted by Gasteiger charge is -2.34. The second-order valence-electron chi connectivity index (χ2n) is 4.10. The number of Topliss-reactive ketones (excluding diaryl/α,β-unsaturated/α-hetero) is 1. The Kier molecular flexibility index (Phi) is 1.99. The predicted octanol–water partition coefficient (Wildman–Crippen LogP) is 2.18. The van der Waals surface area contributed by atoms with Gasteiger partial charge < -0.3 is 5.41 Å². The van der Waals surface area contributed by atoms with Gasteiger partial charge in [-0.15, -0.1) is 0 Å². The summed E-state index contributed by atoms with van der Waals surface area (Å²) in [6.45, 7) is 0. The Hall–Kier alpha value is -0.660. The van der Waals surface area contributed by atoms with Crippen LogP contribution in [0.1, 0.15) is 38.5 Å². The first-order valence-electron chi connectivity index (χ1n) is 4.86. The number of carbonyl (C=O) groups excluding carboxylic acids is 1. The van der Waals surface area contributed by atoms with E-state index in [9.17, 15) is 4.79 Å². The molecule has 66 valence electrons. The maximum atomic E-state index is 11.5. The van der Waals surface area contributed by atoms with E-state index in [1.165, 1.54) is 19.3 Å². The summed E-state index contributed by atoms with van der Waals surface area (Å²) < 4.78 is 0. The Morgan fingerprint density at radius 3 is 2.83 bits per heavy atom. The van der Waals surface area contributed by atoms with Crippen molar-refractivity contribution < 1.29 is 4.79 Å². The lowest BCUT2D eigenvalue weighted by molar-refractivity contribution is -0.125. The summed E-state index contributed by atoms with van der Waals surface area (Å²) in [5.41, 5.74) is 0.670. The van der Waals surface area contributed by atoms with Crippen LogP contribution in [0.5, 0.6) is 0 Å². The van der Waals surface area contributed by atoms with Crippen molar-refractivity contribution >= 4 is 11.5 Å². The van der Waals surface area contributed by atoms with Gasteiger partial charge in [0.2, 0.25) is 0 Å². The van der Waals surface area contributed by atoms with Gasteiger partial charge >= 0.3 is 0 Å². The molecule has 2 heteroatoms. The Morgan fingerprint density at radius 2 is 2.00 bits per heavy atom. The van der Waals surface area contributed by atoms with Gasteiger partial charge in [-0.25, -0.2) is 0 Å². The molecule has 0 aromatic rings. The summed E-state index contributed by atoms with van der Waals surface area (Å²) in [7, 11) is 0. The van der Waals surface area contributed by atoms with Crippen molar-refractivity contribution in [2.24, 2.45) is 11.8 Å². The van der Waals surface area contributed by atoms with Crippen molar-refractivity contribution in [3.8, 4) is 0 Å². The molecule has 0 aromatic carbocycles. The summed E-state index contributed by atoms with van der Waals surface area (Å²) in [5, 5.41) is 7.52. The SMILES string of the molecule is N=C1CC(=O)C2CCCCC2C1. The monoisotopic (exact) mass is 165 g/mol. The van der Waals surface area contributed by atoms with E-state index in [0.717, 1.165) is 12.8 Å². The minimum Gasteiger partial charge on any atom is -0.309 e. The molecule has 2 unspecified atom stereocenters. The fourth-order valence-electron chi connectivity index (χ4n) is 2.61. The normalized spacial score (nSPS) is 36.3. The Morgan fingerprint density at radius 1 is 1.25 bits per heavy atom. The summed E-state index contributed by atoms with van der Waals surface area (Å²) in [6.07, 6.45) is 6.11. The van der Waals surface area contributed by atoms with E-state index in [-0.39, 0.29) is 0 Å². The molecular weight excluding hydrogens is 150 g/mol. The zero-order valence-electron chi connectivity index (χ0n) is 7.31. The third kappa shape index (κ3) is 1.30. The summed E-state index contributed by atoms with van der Waals surface area (Å²) in [5.74, 6) is 1.20.